The van der Waals surface area contributed by atoms with E-state index in [1.54, 1.807) is 0 Å². The maximum atomic E-state index is 11.0. The van der Waals surface area contributed by atoms with E-state index < -0.39 is 5.97 Å². The highest BCUT2D eigenvalue weighted by Crippen LogP contribution is 2.25. The summed E-state index contributed by atoms with van der Waals surface area (Å²) in [4.78, 5) is 11.0. The summed E-state index contributed by atoms with van der Waals surface area (Å²) < 4.78 is 4.50. The molecule has 0 fully saturated rings. The summed E-state index contributed by atoms with van der Waals surface area (Å²) in [6.07, 6.45) is 0.0424. The van der Waals surface area contributed by atoms with Crippen molar-refractivity contribution in [1.29, 1.82) is 5.26 Å². The largest absolute Gasteiger partial charge is 0.469 e. The first-order valence-electron chi connectivity index (χ1n) is 4.03. The second kappa shape index (κ2) is 5.01. The third kappa shape index (κ3) is 2.85. The van der Waals surface area contributed by atoms with Crippen molar-refractivity contribution in [3.05, 3.63) is 33.3 Å². The topological polar surface area (TPSA) is 50.1 Å². The summed E-state index contributed by atoms with van der Waals surface area (Å²) in [6, 6.07) is 4.83. The first-order chi connectivity index (χ1) is 7.08. The Morgan fingerprint density at radius 3 is 2.67 bits per heavy atom. The summed E-state index contributed by atoms with van der Waals surface area (Å²) in [5.41, 5.74) is 0.836. The molecule has 0 saturated heterocycles. The highest BCUT2D eigenvalue weighted by atomic mass is 35.5. The van der Waals surface area contributed by atoms with E-state index in [4.69, 9.17) is 28.5 Å². The molecule has 0 unspecified atom stereocenters. The smallest absolute Gasteiger partial charge is 0.310 e. The van der Waals surface area contributed by atoms with Crippen LogP contribution < -0.4 is 0 Å². The van der Waals surface area contributed by atoms with Gasteiger partial charge >= 0.3 is 5.97 Å². The maximum absolute atomic E-state index is 11.0. The number of nitrogens with zero attached hydrogens (tertiary/aromatic N) is 1. The maximum Gasteiger partial charge on any atom is 0.310 e. The van der Waals surface area contributed by atoms with Gasteiger partial charge in [0.2, 0.25) is 0 Å². The minimum absolute atomic E-state index is 0.0424. The molecule has 5 heteroatoms. The number of nitriles is 1. The van der Waals surface area contributed by atoms with Crippen LogP contribution in [-0.4, -0.2) is 13.1 Å². The average molecular weight is 244 g/mol. The van der Waals surface area contributed by atoms with Crippen molar-refractivity contribution in [1.82, 2.24) is 0 Å². The lowest BCUT2D eigenvalue weighted by Gasteiger charge is -2.04. The number of halogens is 2. The zero-order chi connectivity index (χ0) is 11.4. The predicted octanol–water partition coefficient (Wildman–Crippen LogP) is 2.58. The van der Waals surface area contributed by atoms with Crippen molar-refractivity contribution in [2.45, 2.75) is 6.42 Å². The Labute approximate surface area is 97.2 Å². The molecule has 0 aliphatic rings. The normalized spacial score (nSPS) is 9.47. The number of hydrogen-bond donors (Lipinski definition) is 0. The molecule has 0 heterocycles. The van der Waals surface area contributed by atoms with Gasteiger partial charge in [0.25, 0.3) is 0 Å². The molecule has 3 nitrogen and oxygen atoms in total. The van der Waals surface area contributed by atoms with Crippen molar-refractivity contribution in [2.75, 3.05) is 7.11 Å². The number of methoxy groups -OCH3 is 1. The fraction of sp³-hybridized carbons (Fsp3) is 0.200. The molecule has 0 N–H and O–H groups in total. The fourth-order valence-electron chi connectivity index (χ4n) is 1.04. The van der Waals surface area contributed by atoms with E-state index >= 15 is 0 Å². The lowest BCUT2D eigenvalue weighted by Crippen LogP contribution is -2.05. The van der Waals surface area contributed by atoms with Crippen molar-refractivity contribution < 1.29 is 9.53 Å². The van der Waals surface area contributed by atoms with Gasteiger partial charge in [0.1, 0.15) is 6.07 Å². The van der Waals surface area contributed by atoms with Gasteiger partial charge in [-0.05, 0) is 17.7 Å². The highest BCUT2D eigenvalue weighted by Gasteiger charge is 2.10. The minimum atomic E-state index is -0.405. The molecular weight excluding hydrogens is 237 g/mol. The molecule has 0 atom stereocenters. The molecule has 1 aromatic carbocycles. The number of hydrogen-bond acceptors (Lipinski definition) is 3. The number of benzene rings is 1. The molecular formula is C10H7Cl2NO2. The quantitative estimate of drug-likeness (QED) is 0.751. The third-order valence-corrected chi connectivity index (χ3v) is 2.48. The van der Waals surface area contributed by atoms with Crippen LogP contribution >= 0.6 is 23.2 Å². The van der Waals surface area contributed by atoms with Gasteiger partial charge in [-0.2, -0.15) is 5.26 Å². The molecule has 0 saturated carbocycles. The van der Waals surface area contributed by atoms with E-state index in [1.807, 2.05) is 6.07 Å². The van der Waals surface area contributed by atoms with Gasteiger partial charge in [-0.25, -0.2) is 0 Å². The van der Waals surface area contributed by atoms with E-state index in [9.17, 15) is 4.79 Å². The van der Waals surface area contributed by atoms with Gasteiger partial charge in [0, 0.05) is 5.02 Å². The first kappa shape index (κ1) is 11.8. The molecule has 15 heavy (non-hydrogen) atoms. The van der Waals surface area contributed by atoms with Crippen LogP contribution in [0.15, 0.2) is 12.1 Å². The third-order valence-electron chi connectivity index (χ3n) is 1.82. The number of rotatable bonds is 2. The van der Waals surface area contributed by atoms with Crippen molar-refractivity contribution in [3.63, 3.8) is 0 Å². The number of carbonyl (C=O) groups excluding carboxylic acids is 1. The molecule has 0 radical (unpaired) electrons. The average Bonchev–Trinajstić information content (AvgIpc) is 2.22. The zero-order valence-electron chi connectivity index (χ0n) is 7.88. The lowest BCUT2D eigenvalue weighted by molar-refractivity contribution is -0.139. The van der Waals surface area contributed by atoms with Gasteiger partial charge in [0.15, 0.2) is 0 Å². The Balaban J connectivity index is 3.06. The Morgan fingerprint density at radius 2 is 2.13 bits per heavy atom. The van der Waals surface area contributed by atoms with Gasteiger partial charge < -0.3 is 4.74 Å². The van der Waals surface area contributed by atoms with Gasteiger partial charge in [0.05, 0.1) is 24.1 Å². The standard InChI is InChI=1S/C10H7Cl2NO2/c1-15-10(14)4-6-2-9(12)7(5-13)3-8(6)11/h2-3H,4H2,1H3. The summed E-state index contributed by atoms with van der Waals surface area (Å²) in [5.74, 6) is -0.405. The van der Waals surface area contributed by atoms with Gasteiger partial charge in [-0.15, -0.1) is 0 Å². The molecule has 0 aromatic heterocycles. The molecule has 78 valence electrons. The van der Waals surface area contributed by atoms with E-state index in [1.165, 1.54) is 19.2 Å². The van der Waals surface area contributed by atoms with E-state index in [0.717, 1.165) is 0 Å². The van der Waals surface area contributed by atoms with Crippen LogP contribution in [0.3, 0.4) is 0 Å². The van der Waals surface area contributed by atoms with Gasteiger partial charge in [-0.3, -0.25) is 4.79 Å². The zero-order valence-corrected chi connectivity index (χ0v) is 9.39. The van der Waals surface area contributed by atoms with Crippen LogP contribution in [0.5, 0.6) is 0 Å². The second-order valence-corrected chi connectivity index (χ2v) is 3.60. The number of ether oxygens (including phenoxy) is 1. The Kier molecular flexibility index (Phi) is 3.96. The molecule has 0 amide bonds. The Bertz CT molecular complexity index is 438. The molecule has 1 rings (SSSR count). The summed E-state index contributed by atoms with van der Waals surface area (Å²) in [5, 5.41) is 9.29. The van der Waals surface area contributed by atoms with Crippen LogP contribution in [0.2, 0.25) is 10.0 Å². The summed E-state index contributed by atoms with van der Waals surface area (Å²) >= 11 is 11.7. The Hall–Kier alpha value is -1.24. The van der Waals surface area contributed by atoms with Crippen LogP contribution in [0, 0.1) is 11.3 Å². The van der Waals surface area contributed by atoms with E-state index in [-0.39, 0.29) is 17.0 Å². The van der Waals surface area contributed by atoms with Crippen LogP contribution in [-0.2, 0) is 16.0 Å². The summed E-state index contributed by atoms with van der Waals surface area (Å²) in [6.45, 7) is 0. The summed E-state index contributed by atoms with van der Waals surface area (Å²) in [7, 11) is 1.29. The molecule has 1 aromatic rings. The number of esters is 1. The molecule has 0 aliphatic heterocycles. The minimum Gasteiger partial charge on any atom is -0.469 e. The predicted molar refractivity (Wildman–Crippen MR) is 56.9 cm³/mol. The first-order valence-corrected chi connectivity index (χ1v) is 4.79. The Morgan fingerprint density at radius 1 is 1.47 bits per heavy atom. The van der Waals surface area contributed by atoms with E-state index in [0.29, 0.717) is 10.6 Å². The SMILES string of the molecule is COC(=O)Cc1cc(Cl)c(C#N)cc1Cl. The van der Waals surface area contributed by atoms with Crippen molar-refractivity contribution in [2.24, 2.45) is 0 Å². The molecule has 0 aliphatic carbocycles. The number of carbonyl (C=O) groups is 1. The van der Waals surface area contributed by atoms with Crippen molar-refractivity contribution >= 4 is 29.2 Å². The van der Waals surface area contributed by atoms with Crippen molar-refractivity contribution in [3.8, 4) is 6.07 Å². The van der Waals surface area contributed by atoms with Crippen LogP contribution in [0.4, 0.5) is 0 Å². The molecule has 0 spiro atoms. The van der Waals surface area contributed by atoms with Crippen LogP contribution in [0.25, 0.3) is 0 Å². The van der Waals surface area contributed by atoms with Crippen LogP contribution in [0.1, 0.15) is 11.1 Å². The monoisotopic (exact) mass is 243 g/mol. The lowest BCUT2D eigenvalue weighted by atomic mass is 10.1. The van der Waals surface area contributed by atoms with E-state index in [2.05, 4.69) is 4.74 Å². The second-order valence-electron chi connectivity index (χ2n) is 2.79. The fourth-order valence-corrected chi connectivity index (χ4v) is 1.50. The molecule has 0 bridgehead atoms. The van der Waals surface area contributed by atoms with Gasteiger partial charge in [-0.1, -0.05) is 23.2 Å². The highest BCUT2D eigenvalue weighted by molar-refractivity contribution is 6.34.